The van der Waals surface area contributed by atoms with Crippen molar-refractivity contribution in [3.63, 3.8) is 0 Å². The summed E-state index contributed by atoms with van der Waals surface area (Å²) >= 11 is 3.49. The predicted molar refractivity (Wildman–Crippen MR) is 65.2 cm³/mol. The van der Waals surface area contributed by atoms with Crippen LogP contribution in [0.15, 0.2) is 22.7 Å². The maximum absolute atomic E-state index is 5.65. The molecule has 78 valence electrons. The summed E-state index contributed by atoms with van der Waals surface area (Å²) in [6.45, 7) is 7.34. The van der Waals surface area contributed by atoms with Crippen LogP contribution in [0.2, 0.25) is 0 Å². The average Bonchev–Trinajstić information content (AvgIpc) is 2.06. The zero-order chi connectivity index (χ0) is 10.8. The van der Waals surface area contributed by atoms with Crippen LogP contribution in [-0.4, -0.2) is 0 Å². The minimum absolute atomic E-state index is 0.333. The molecule has 0 spiro atoms. The van der Waals surface area contributed by atoms with Crippen LogP contribution in [0.5, 0.6) is 0 Å². The van der Waals surface area contributed by atoms with E-state index in [1.54, 1.807) is 0 Å². The first-order valence-corrected chi connectivity index (χ1v) is 5.69. The summed E-state index contributed by atoms with van der Waals surface area (Å²) in [5.41, 5.74) is 8.54. The summed E-state index contributed by atoms with van der Waals surface area (Å²) in [5.74, 6) is 0. The summed E-state index contributed by atoms with van der Waals surface area (Å²) in [7, 11) is 0. The lowest BCUT2D eigenvalue weighted by Gasteiger charge is -2.18. The second-order valence-corrected chi connectivity index (χ2v) is 5.72. The van der Waals surface area contributed by atoms with Gasteiger partial charge < -0.3 is 5.73 Å². The molecule has 2 heteroatoms. The molecule has 0 aliphatic carbocycles. The SMILES string of the molecule is CC(C)(C)Cc1ccc(Br)c(CN)c1. The Labute approximate surface area is 94.8 Å². The minimum Gasteiger partial charge on any atom is -0.326 e. The number of hydrogen-bond acceptors (Lipinski definition) is 1. The van der Waals surface area contributed by atoms with Crippen molar-refractivity contribution in [1.82, 2.24) is 0 Å². The Morgan fingerprint density at radius 3 is 2.43 bits per heavy atom. The second-order valence-electron chi connectivity index (χ2n) is 4.87. The number of halogens is 1. The Bertz CT molecular complexity index is 313. The van der Waals surface area contributed by atoms with Gasteiger partial charge in [0.2, 0.25) is 0 Å². The maximum Gasteiger partial charge on any atom is 0.0220 e. The molecular weight excluding hydrogens is 238 g/mol. The summed E-state index contributed by atoms with van der Waals surface area (Å²) in [6, 6.07) is 6.44. The van der Waals surface area contributed by atoms with Gasteiger partial charge in [-0.05, 0) is 29.0 Å². The van der Waals surface area contributed by atoms with Gasteiger partial charge in [0.05, 0.1) is 0 Å². The number of hydrogen-bond donors (Lipinski definition) is 1. The summed E-state index contributed by atoms with van der Waals surface area (Å²) < 4.78 is 1.11. The zero-order valence-corrected chi connectivity index (χ0v) is 10.7. The Balaban J connectivity index is 2.90. The van der Waals surface area contributed by atoms with E-state index >= 15 is 0 Å². The van der Waals surface area contributed by atoms with Gasteiger partial charge in [0, 0.05) is 11.0 Å². The number of nitrogens with two attached hydrogens (primary N) is 1. The van der Waals surface area contributed by atoms with Crippen LogP contribution in [0.3, 0.4) is 0 Å². The molecule has 1 nitrogen and oxygen atoms in total. The summed E-state index contributed by atoms with van der Waals surface area (Å²) in [4.78, 5) is 0. The minimum atomic E-state index is 0.333. The van der Waals surface area contributed by atoms with Gasteiger partial charge in [-0.25, -0.2) is 0 Å². The maximum atomic E-state index is 5.65. The highest BCUT2D eigenvalue weighted by Crippen LogP contribution is 2.24. The molecule has 0 heterocycles. The van der Waals surface area contributed by atoms with E-state index in [-0.39, 0.29) is 0 Å². The van der Waals surface area contributed by atoms with Gasteiger partial charge in [0.25, 0.3) is 0 Å². The van der Waals surface area contributed by atoms with Crippen LogP contribution in [0.4, 0.5) is 0 Å². The zero-order valence-electron chi connectivity index (χ0n) is 9.10. The second kappa shape index (κ2) is 4.45. The van der Waals surface area contributed by atoms with Crippen molar-refractivity contribution in [2.24, 2.45) is 11.1 Å². The largest absolute Gasteiger partial charge is 0.326 e. The normalized spacial score (nSPS) is 11.8. The van der Waals surface area contributed by atoms with Crippen molar-refractivity contribution in [3.05, 3.63) is 33.8 Å². The van der Waals surface area contributed by atoms with Crippen LogP contribution in [0, 0.1) is 5.41 Å². The smallest absolute Gasteiger partial charge is 0.0220 e. The molecule has 0 aliphatic heterocycles. The third-order valence-electron chi connectivity index (χ3n) is 2.06. The highest BCUT2D eigenvalue weighted by molar-refractivity contribution is 9.10. The number of benzene rings is 1. The van der Waals surface area contributed by atoms with Crippen molar-refractivity contribution < 1.29 is 0 Å². The molecule has 0 bridgehead atoms. The van der Waals surface area contributed by atoms with Gasteiger partial charge in [-0.2, -0.15) is 0 Å². The predicted octanol–water partition coefficient (Wildman–Crippen LogP) is 3.50. The first-order chi connectivity index (χ1) is 6.42. The first-order valence-electron chi connectivity index (χ1n) is 4.90. The molecule has 0 atom stereocenters. The third-order valence-corrected chi connectivity index (χ3v) is 2.84. The van der Waals surface area contributed by atoms with Gasteiger partial charge >= 0.3 is 0 Å². The quantitative estimate of drug-likeness (QED) is 0.861. The van der Waals surface area contributed by atoms with Gasteiger partial charge in [-0.3, -0.25) is 0 Å². The first kappa shape index (κ1) is 11.7. The van der Waals surface area contributed by atoms with Gasteiger partial charge in [-0.1, -0.05) is 48.8 Å². The Morgan fingerprint density at radius 1 is 1.29 bits per heavy atom. The van der Waals surface area contributed by atoms with Crippen molar-refractivity contribution in [3.8, 4) is 0 Å². The standard InChI is InChI=1S/C12H18BrN/c1-12(2,3)7-9-4-5-11(13)10(6-9)8-14/h4-6H,7-8,14H2,1-3H3. The van der Waals surface area contributed by atoms with E-state index in [1.165, 1.54) is 11.1 Å². The highest BCUT2D eigenvalue weighted by atomic mass is 79.9. The Hall–Kier alpha value is -0.340. The van der Waals surface area contributed by atoms with E-state index in [0.29, 0.717) is 12.0 Å². The van der Waals surface area contributed by atoms with Crippen molar-refractivity contribution in [2.45, 2.75) is 33.7 Å². The van der Waals surface area contributed by atoms with Crippen molar-refractivity contribution >= 4 is 15.9 Å². The Morgan fingerprint density at radius 2 is 1.93 bits per heavy atom. The molecule has 0 aromatic heterocycles. The molecule has 0 amide bonds. The van der Waals surface area contributed by atoms with Crippen LogP contribution in [0.25, 0.3) is 0 Å². The fourth-order valence-electron chi connectivity index (χ4n) is 1.51. The monoisotopic (exact) mass is 255 g/mol. The topological polar surface area (TPSA) is 26.0 Å². The van der Waals surface area contributed by atoms with Crippen LogP contribution in [0.1, 0.15) is 31.9 Å². The molecule has 0 saturated heterocycles. The lowest BCUT2D eigenvalue weighted by molar-refractivity contribution is 0.411. The molecule has 1 rings (SSSR count). The van der Waals surface area contributed by atoms with Gasteiger partial charge in [0.1, 0.15) is 0 Å². The molecular formula is C12H18BrN. The molecule has 0 radical (unpaired) electrons. The van der Waals surface area contributed by atoms with E-state index in [9.17, 15) is 0 Å². The molecule has 1 aromatic rings. The number of rotatable bonds is 2. The lowest BCUT2D eigenvalue weighted by atomic mass is 9.88. The molecule has 2 N–H and O–H groups in total. The third kappa shape index (κ3) is 3.43. The van der Waals surface area contributed by atoms with Gasteiger partial charge in [-0.15, -0.1) is 0 Å². The molecule has 1 aromatic carbocycles. The van der Waals surface area contributed by atoms with Crippen LogP contribution >= 0.6 is 15.9 Å². The molecule has 0 fully saturated rings. The molecule has 14 heavy (non-hydrogen) atoms. The van der Waals surface area contributed by atoms with Crippen LogP contribution in [-0.2, 0) is 13.0 Å². The van der Waals surface area contributed by atoms with E-state index in [0.717, 1.165) is 10.9 Å². The average molecular weight is 256 g/mol. The highest BCUT2D eigenvalue weighted by Gasteiger charge is 2.11. The molecule has 0 saturated carbocycles. The van der Waals surface area contributed by atoms with E-state index in [2.05, 4.69) is 54.9 Å². The van der Waals surface area contributed by atoms with E-state index in [1.807, 2.05) is 0 Å². The van der Waals surface area contributed by atoms with Crippen molar-refractivity contribution in [1.29, 1.82) is 0 Å². The lowest BCUT2D eigenvalue weighted by Crippen LogP contribution is -2.09. The fraction of sp³-hybridized carbons (Fsp3) is 0.500. The molecule has 0 aliphatic rings. The van der Waals surface area contributed by atoms with E-state index in [4.69, 9.17) is 5.73 Å². The summed E-state index contributed by atoms with van der Waals surface area (Å²) in [5, 5.41) is 0. The van der Waals surface area contributed by atoms with Gasteiger partial charge in [0.15, 0.2) is 0 Å². The van der Waals surface area contributed by atoms with E-state index < -0.39 is 0 Å². The summed E-state index contributed by atoms with van der Waals surface area (Å²) in [6.07, 6.45) is 1.09. The van der Waals surface area contributed by atoms with Crippen LogP contribution < -0.4 is 5.73 Å². The van der Waals surface area contributed by atoms with Crippen molar-refractivity contribution in [2.75, 3.05) is 0 Å². The molecule has 0 unspecified atom stereocenters. The fourth-order valence-corrected chi connectivity index (χ4v) is 1.92. The Kier molecular flexibility index (Phi) is 3.73.